The van der Waals surface area contributed by atoms with Crippen LogP contribution < -0.4 is 15.8 Å². The van der Waals surface area contributed by atoms with E-state index in [-0.39, 0.29) is 29.8 Å². The molecule has 3 fully saturated rings. The van der Waals surface area contributed by atoms with Gasteiger partial charge in [-0.1, -0.05) is 0 Å². The van der Waals surface area contributed by atoms with Gasteiger partial charge in [0.05, 0.1) is 30.1 Å². The molecule has 44 heavy (non-hydrogen) atoms. The van der Waals surface area contributed by atoms with Crippen molar-refractivity contribution >= 4 is 33.9 Å². The average Bonchev–Trinajstić information content (AvgIpc) is 3.90. The predicted octanol–water partition coefficient (Wildman–Crippen LogP) is 4.41. The number of pyridine rings is 1. The Labute approximate surface area is 256 Å². The number of carbonyl (C=O) groups excluding carboxylic acids is 2. The zero-order valence-electron chi connectivity index (χ0n) is 25.8. The van der Waals surface area contributed by atoms with Gasteiger partial charge in [0, 0.05) is 49.6 Å². The lowest BCUT2D eigenvalue weighted by Gasteiger charge is -2.30. The molecule has 1 saturated heterocycles. The van der Waals surface area contributed by atoms with E-state index >= 15 is 0 Å². The van der Waals surface area contributed by atoms with E-state index in [1.165, 1.54) is 12.8 Å². The van der Waals surface area contributed by atoms with E-state index in [2.05, 4.69) is 26.6 Å². The molecule has 5 heterocycles. The van der Waals surface area contributed by atoms with Crippen molar-refractivity contribution in [1.82, 2.24) is 29.3 Å². The number of nitrogens with two attached hydrogens (primary N) is 1. The van der Waals surface area contributed by atoms with E-state index in [9.17, 15) is 9.59 Å². The molecule has 2 bridgehead atoms. The summed E-state index contributed by atoms with van der Waals surface area (Å²) in [6, 6.07) is 9.88. The molecule has 4 aromatic rings. The monoisotopic (exact) mass is 595 g/mol. The fourth-order valence-electron chi connectivity index (χ4n) is 7.78. The number of likely N-dealkylation sites (tertiary alicyclic amines) is 1. The molecule has 0 radical (unpaired) electrons. The highest BCUT2D eigenvalue weighted by molar-refractivity contribution is 6.00. The fourth-order valence-corrected chi connectivity index (χ4v) is 7.78. The Kier molecular flexibility index (Phi) is 6.48. The maximum atomic E-state index is 13.5. The molecule has 230 valence electrons. The third-order valence-electron chi connectivity index (χ3n) is 10.6. The molecule has 10 heteroatoms. The van der Waals surface area contributed by atoms with Crippen LogP contribution in [0.15, 0.2) is 30.3 Å². The number of aromatic nitrogens is 4. The van der Waals surface area contributed by atoms with Crippen LogP contribution in [0.1, 0.15) is 67.5 Å². The van der Waals surface area contributed by atoms with Gasteiger partial charge in [0.1, 0.15) is 16.9 Å². The number of carbonyl (C=O) groups is 2. The number of methoxy groups -OCH3 is 1. The van der Waals surface area contributed by atoms with Crippen LogP contribution in [0.25, 0.3) is 33.6 Å². The molecule has 2 aliphatic carbocycles. The van der Waals surface area contributed by atoms with Crippen LogP contribution in [0, 0.1) is 23.7 Å². The van der Waals surface area contributed by atoms with Gasteiger partial charge in [0.25, 0.3) is 5.91 Å². The van der Waals surface area contributed by atoms with E-state index in [1.807, 2.05) is 37.1 Å². The summed E-state index contributed by atoms with van der Waals surface area (Å²) in [5.41, 5.74) is 11.1. The van der Waals surface area contributed by atoms with Gasteiger partial charge < -0.3 is 29.8 Å². The third-order valence-corrected chi connectivity index (χ3v) is 10.6. The van der Waals surface area contributed by atoms with Crippen molar-refractivity contribution in [3.05, 3.63) is 41.6 Å². The van der Waals surface area contributed by atoms with E-state index in [0.717, 1.165) is 71.5 Å². The highest BCUT2D eigenvalue weighted by Gasteiger charge is 2.45. The summed E-state index contributed by atoms with van der Waals surface area (Å²) in [6.45, 7) is 4.18. The summed E-state index contributed by atoms with van der Waals surface area (Å²) >= 11 is 0. The van der Waals surface area contributed by atoms with Crippen molar-refractivity contribution in [3.63, 3.8) is 0 Å². The number of hydrogen-bond donors (Lipinski definition) is 2. The molecule has 1 aromatic carbocycles. The average molecular weight is 596 g/mol. The maximum absolute atomic E-state index is 13.5. The van der Waals surface area contributed by atoms with Crippen molar-refractivity contribution in [2.45, 2.75) is 64.1 Å². The molecule has 3 N–H and O–H groups in total. The number of fused-ring (bicyclic) bond motifs is 4. The molecule has 6 atom stereocenters. The minimum absolute atomic E-state index is 0.00889. The molecule has 2 saturated carbocycles. The highest BCUT2D eigenvalue weighted by Crippen LogP contribution is 2.50. The summed E-state index contributed by atoms with van der Waals surface area (Å²) in [5, 5.41) is 4.27. The SMILES string of the molecule is COc1cc(C(=O)N2CCC[C@@H](N)C2)cc2nc(-c3cc4ccc5nc4n3C[C@H]3C[C@H]3CC[C@H]3C[C@@H]3C(=O)N[C@@H]5C)n(C)c12. The van der Waals surface area contributed by atoms with Crippen LogP contribution in [0.4, 0.5) is 0 Å². The lowest BCUT2D eigenvalue weighted by atomic mass is 10.0. The molecule has 2 amide bonds. The van der Waals surface area contributed by atoms with E-state index < -0.39 is 0 Å². The summed E-state index contributed by atoms with van der Waals surface area (Å²) in [7, 11) is 3.65. The summed E-state index contributed by atoms with van der Waals surface area (Å²) in [6.07, 6.45) is 6.40. The molecule has 8 rings (SSSR count). The minimum Gasteiger partial charge on any atom is -0.494 e. The number of nitrogens with one attached hydrogen (secondary N) is 1. The Bertz CT molecular complexity index is 1810. The maximum Gasteiger partial charge on any atom is 0.254 e. The number of imidazole rings is 1. The number of hydrogen-bond acceptors (Lipinski definition) is 6. The largest absolute Gasteiger partial charge is 0.494 e. The van der Waals surface area contributed by atoms with Crippen LogP contribution in [-0.4, -0.2) is 62.1 Å². The zero-order valence-corrected chi connectivity index (χ0v) is 25.8. The van der Waals surface area contributed by atoms with Crippen molar-refractivity contribution in [1.29, 1.82) is 0 Å². The molecular formula is C34H41N7O3. The second-order valence-electron chi connectivity index (χ2n) is 13.6. The first-order valence-electron chi connectivity index (χ1n) is 16.2. The minimum atomic E-state index is -0.165. The highest BCUT2D eigenvalue weighted by atomic mass is 16.5. The van der Waals surface area contributed by atoms with Crippen LogP contribution in [0.3, 0.4) is 0 Å². The standard InChI is InChI=1S/C34H41N7O3/c1-18-26-9-8-21-14-28(41(31(21)37-26)16-23-11-19(23)6-7-20-12-25(20)33(42)36-18)32-38-27-13-22(15-29(44-3)30(27)39(32)2)34(43)40-10-4-5-24(35)17-40/h8-9,13-15,18-20,23-25H,4-7,10-12,16-17,35H2,1-3H3,(H,36,42)/t18-,19-,20+,23-,24-,25+/m1/s1. The van der Waals surface area contributed by atoms with Gasteiger partial charge in [0.15, 0.2) is 5.82 Å². The Morgan fingerprint density at radius 1 is 1.05 bits per heavy atom. The van der Waals surface area contributed by atoms with Crippen molar-refractivity contribution in [2.75, 3.05) is 20.2 Å². The van der Waals surface area contributed by atoms with Crippen molar-refractivity contribution < 1.29 is 14.3 Å². The Balaban J connectivity index is 1.22. The Morgan fingerprint density at radius 2 is 1.89 bits per heavy atom. The van der Waals surface area contributed by atoms with Crippen LogP contribution in [0.5, 0.6) is 5.75 Å². The van der Waals surface area contributed by atoms with Gasteiger partial charge in [-0.3, -0.25) is 9.59 Å². The van der Waals surface area contributed by atoms with Crippen LogP contribution >= 0.6 is 0 Å². The molecule has 0 unspecified atom stereocenters. The van der Waals surface area contributed by atoms with Gasteiger partial charge in [-0.2, -0.15) is 0 Å². The number of nitrogens with zero attached hydrogens (tertiary/aromatic N) is 5. The first-order chi connectivity index (χ1) is 21.3. The zero-order chi connectivity index (χ0) is 30.3. The molecule has 2 aliphatic heterocycles. The topological polar surface area (TPSA) is 120 Å². The molecular weight excluding hydrogens is 554 g/mol. The lowest BCUT2D eigenvalue weighted by Crippen LogP contribution is -2.45. The first kappa shape index (κ1) is 27.6. The second kappa shape index (κ2) is 10.3. The number of amides is 2. The molecule has 10 nitrogen and oxygen atoms in total. The number of piperidine rings is 1. The quantitative estimate of drug-likeness (QED) is 0.362. The predicted molar refractivity (Wildman–Crippen MR) is 168 cm³/mol. The summed E-state index contributed by atoms with van der Waals surface area (Å²) in [5.74, 6) is 3.53. The van der Waals surface area contributed by atoms with E-state index in [4.69, 9.17) is 20.4 Å². The van der Waals surface area contributed by atoms with E-state index in [1.54, 1.807) is 7.11 Å². The van der Waals surface area contributed by atoms with Gasteiger partial charge >= 0.3 is 0 Å². The number of rotatable bonds is 3. The summed E-state index contributed by atoms with van der Waals surface area (Å²) < 4.78 is 10.2. The van der Waals surface area contributed by atoms with Crippen LogP contribution in [-0.2, 0) is 18.4 Å². The summed E-state index contributed by atoms with van der Waals surface area (Å²) in [4.78, 5) is 38.6. The number of ether oxygens (including phenoxy) is 1. The Morgan fingerprint density at radius 3 is 2.70 bits per heavy atom. The normalized spacial score (nSPS) is 28.4. The number of aryl methyl sites for hydroxylation is 1. The molecule has 4 aliphatic rings. The Hall–Kier alpha value is -3.92. The smallest absolute Gasteiger partial charge is 0.254 e. The fraction of sp³-hybridized carbons (Fsp3) is 0.529. The first-order valence-corrected chi connectivity index (χ1v) is 16.2. The second-order valence-corrected chi connectivity index (χ2v) is 13.6. The van der Waals surface area contributed by atoms with Crippen molar-refractivity contribution in [3.8, 4) is 17.3 Å². The van der Waals surface area contributed by atoms with Gasteiger partial charge in [-0.25, -0.2) is 9.97 Å². The third kappa shape index (κ3) is 4.65. The molecule has 0 spiro atoms. The number of benzene rings is 1. The van der Waals surface area contributed by atoms with Crippen LogP contribution in [0.2, 0.25) is 0 Å². The lowest BCUT2D eigenvalue weighted by molar-refractivity contribution is -0.123. The van der Waals surface area contributed by atoms with Gasteiger partial charge in [-0.05, 0) is 93.5 Å². The molecule has 3 aromatic heterocycles. The van der Waals surface area contributed by atoms with Gasteiger partial charge in [0.2, 0.25) is 5.91 Å². The van der Waals surface area contributed by atoms with E-state index in [0.29, 0.717) is 42.2 Å². The van der Waals surface area contributed by atoms with Crippen molar-refractivity contribution in [2.24, 2.45) is 36.5 Å². The van der Waals surface area contributed by atoms with Gasteiger partial charge in [-0.15, -0.1) is 0 Å².